The molecule has 0 amide bonds. The van der Waals surface area contributed by atoms with E-state index in [4.69, 9.17) is 15.2 Å². The highest BCUT2D eigenvalue weighted by atomic mass is 16.5. The summed E-state index contributed by atoms with van der Waals surface area (Å²) in [6.07, 6.45) is 7.46. The summed E-state index contributed by atoms with van der Waals surface area (Å²) in [7, 11) is 0. The lowest BCUT2D eigenvalue weighted by Crippen LogP contribution is -2.28. The molecule has 4 nitrogen and oxygen atoms in total. The zero-order chi connectivity index (χ0) is 19.9. The SMILES string of the molecule is Cc1cc(N2C=CCC2CCN)ccc1Oc1cccc(OCCC(C)C)c1. The van der Waals surface area contributed by atoms with Crippen molar-refractivity contribution < 1.29 is 9.47 Å². The minimum Gasteiger partial charge on any atom is -0.493 e. The van der Waals surface area contributed by atoms with Gasteiger partial charge < -0.3 is 20.1 Å². The van der Waals surface area contributed by atoms with Crippen molar-refractivity contribution in [2.75, 3.05) is 18.1 Å². The molecule has 0 aromatic heterocycles. The molecule has 0 radical (unpaired) electrons. The van der Waals surface area contributed by atoms with E-state index in [9.17, 15) is 0 Å². The van der Waals surface area contributed by atoms with E-state index < -0.39 is 0 Å². The van der Waals surface area contributed by atoms with Gasteiger partial charge >= 0.3 is 0 Å². The molecule has 0 aliphatic carbocycles. The average Bonchev–Trinajstić information content (AvgIpc) is 3.12. The molecule has 150 valence electrons. The monoisotopic (exact) mass is 380 g/mol. The summed E-state index contributed by atoms with van der Waals surface area (Å²) in [5.41, 5.74) is 8.05. The second-order valence-corrected chi connectivity index (χ2v) is 7.82. The highest BCUT2D eigenvalue weighted by molar-refractivity contribution is 5.57. The van der Waals surface area contributed by atoms with Crippen molar-refractivity contribution in [3.05, 3.63) is 60.3 Å². The Labute approximate surface area is 168 Å². The standard InChI is InChI=1S/C24H32N2O2/c1-18(2)12-15-27-22-7-4-8-23(17-22)28-24-10-9-21(16-19(24)3)26-14-5-6-20(26)11-13-25/h4-5,7-10,14,16-18,20H,6,11-13,15,25H2,1-3H3. The van der Waals surface area contributed by atoms with Crippen LogP contribution in [-0.4, -0.2) is 19.2 Å². The van der Waals surface area contributed by atoms with E-state index in [0.29, 0.717) is 18.5 Å². The van der Waals surface area contributed by atoms with Crippen LogP contribution in [0, 0.1) is 12.8 Å². The first-order chi connectivity index (χ1) is 13.6. The second kappa shape index (κ2) is 9.65. The lowest BCUT2D eigenvalue weighted by Gasteiger charge is -2.26. The molecule has 2 aromatic carbocycles. The lowest BCUT2D eigenvalue weighted by molar-refractivity contribution is 0.288. The van der Waals surface area contributed by atoms with Gasteiger partial charge in [0.15, 0.2) is 0 Å². The van der Waals surface area contributed by atoms with Crippen LogP contribution in [0.5, 0.6) is 17.2 Å². The van der Waals surface area contributed by atoms with Crippen LogP contribution < -0.4 is 20.1 Å². The fourth-order valence-corrected chi connectivity index (χ4v) is 3.39. The maximum absolute atomic E-state index is 6.13. The molecule has 1 atom stereocenters. The molecule has 0 saturated heterocycles. The van der Waals surface area contributed by atoms with Gasteiger partial charge in [0.1, 0.15) is 17.2 Å². The number of aryl methyl sites for hydroxylation is 1. The molecule has 28 heavy (non-hydrogen) atoms. The average molecular weight is 381 g/mol. The minimum absolute atomic E-state index is 0.454. The summed E-state index contributed by atoms with van der Waals surface area (Å²) in [6, 6.07) is 14.6. The number of rotatable bonds is 9. The zero-order valence-corrected chi connectivity index (χ0v) is 17.2. The highest BCUT2D eigenvalue weighted by Gasteiger charge is 2.20. The van der Waals surface area contributed by atoms with Crippen LogP contribution in [0.2, 0.25) is 0 Å². The van der Waals surface area contributed by atoms with E-state index in [-0.39, 0.29) is 0 Å². The predicted octanol–water partition coefficient (Wildman–Crippen LogP) is 5.65. The molecular formula is C24H32N2O2. The number of nitrogens with zero attached hydrogens (tertiary/aromatic N) is 1. The Morgan fingerprint density at radius 3 is 2.71 bits per heavy atom. The first kappa shape index (κ1) is 20.3. The maximum atomic E-state index is 6.13. The summed E-state index contributed by atoms with van der Waals surface area (Å²) >= 11 is 0. The quantitative estimate of drug-likeness (QED) is 0.610. The molecule has 4 heteroatoms. The Kier molecular flexibility index (Phi) is 6.99. The third-order valence-electron chi connectivity index (χ3n) is 5.02. The molecular weight excluding hydrogens is 348 g/mol. The molecule has 1 aliphatic heterocycles. The topological polar surface area (TPSA) is 47.7 Å². The van der Waals surface area contributed by atoms with Gasteiger partial charge in [-0.3, -0.25) is 0 Å². The minimum atomic E-state index is 0.454. The van der Waals surface area contributed by atoms with Crippen LogP contribution in [0.3, 0.4) is 0 Å². The van der Waals surface area contributed by atoms with Gasteiger partial charge in [0, 0.05) is 24.0 Å². The van der Waals surface area contributed by atoms with E-state index >= 15 is 0 Å². The number of anilines is 1. The van der Waals surface area contributed by atoms with Crippen LogP contribution in [0.15, 0.2) is 54.7 Å². The van der Waals surface area contributed by atoms with Crippen LogP contribution in [0.25, 0.3) is 0 Å². The summed E-state index contributed by atoms with van der Waals surface area (Å²) in [6.45, 7) is 7.91. The summed E-state index contributed by atoms with van der Waals surface area (Å²) < 4.78 is 12.0. The largest absolute Gasteiger partial charge is 0.493 e. The van der Waals surface area contributed by atoms with Gasteiger partial charge in [-0.2, -0.15) is 0 Å². The third kappa shape index (κ3) is 5.29. The third-order valence-corrected chi connectivity index (χ3v) is 5.02. The van der Waals surface area contributed by atoms with Crippen molar-refractivity contribution in [1.82, 2.24) is 0 Å². The fraction of sp³-hybridized carbons (Fsp3) is 0.417. The van der Waals surface area contributed by atoms with Crippen molar-refractivity contribution in [3.8, 4) is 17.2 Å². The second-order valence-electron chi connectivity index (χ2n) is 7.82. The molecule has 2 N–H and O–H groups in total. The van der Waals surface area contributed by atoms with E-state index in [0.717, 1.165) is 48.7 Å². The number of hydrogen-bond donors (Lipinski definition) is 1. The fourth-order valence-electron chi connectivity index (χ4n) is 3.39. The number of ether oxygens (including phenoxy) is 2. The van der Waals surface area contributed by atoms with E-state index in [2.05, 4.69) is 50.1 Å². The van der Waals surface area contributed by atoms with Crippen molar-refractivity contribution >= 4 is 5.69 Å². The van der Waals surface area contributed by atoms with Gasteiger partial charge in [0.2, 0.25) is 0 Å². The van der Waals surface area contributed by atoms with E-state index in [1.807, 2.05) is 30.3 Å². The molecule has 0 bridgehead atoms. The summed E-state index contributed by atoms with van der Waals surface area (Å²) in [4.78, 5) is 2.31. The first-order valence-corrected chi connectivity index (χ1v) is 10.2. The van der Waals surface area contributed by atoms with Gasteiger partial charge in [0.25, 0.3) is 0 Å². The number of hydrogen-bond acceptors (Lipinski definition) is 4. The Morgan fingerprint density at radius 2 is 1.96 bits per heavy atom. The molecule has 0 saturated carbocycles. The van der Waals surface area contributed by atoms with Gasteiger partial charge in [-0.05, 0) is 74.5 Å². The van der Waals surface area contributed by atoms with Crippen LogP contribution >= 0.6 is 0 Å². The molecule has 0 fully saturated rings. The normalized spacial score (nSPS) is 16.0. The van der Waals surface area contributed by atoms with Crippen molar-refractivity contribution in [3.63, 3.8) is 0 Å². The number of nitrogens with two attached hydrogens (primary N) is 1. The zero-order valence-electron chi connectivity index (χ0n) is 17.2. The van der Waals surface area contributed by atoms with Gasteiger partial charge in [0.05, 0.1) is 6.61 Å². The van der Waals surface area contributed by atoms with E-state index in [1.165, 1.54) is 5.69 Å². The molecule has 2 aromatic rings. The van der Waals surface area contributed by atoms with Crippen LogP contribution in [0.4, 0.5) is 5.69 Å². The van der Waals surface area contributed by atoms with Crippen molar-refractivity contribution in [2.45, 2.75) is 46.1 Å². The first-order valence-electron chi connectivity index (χ1n) is 10.2. The van der Waals surface area contributed by atoms with E-state index in [1.54, 1.807) is 0 Å². The summed E-state index contributed by atoms with van der Waals surface area (Å²) in [5, 5.41) is 0. The molecule has 1 unspecified atom stereocenters. The lowest BCUT2D eigenvalue weighted by atomic mass is 10.1. The van der Waals surface area contributed by atoms with Crippen molar-refractivity contribution in [1.29, 1.82) is 0 Å². The molecule has 0 spiro atoms. The number of benzene rings is 2. The van der Waals surface area contributed by atoms with Crippen molar-refractivity contribution in [2.24, 2.45) is 11.7 Å². The van der Waals surface area contributed by atoms with Gasteiger partial charge in [-0.25, -0.2) is 0 Å². The van der Waals surface area contributed by atoms with Crippen LogP contribution in [-0.2, 0) is 0 Å². The molecule has 1 aliphatic rings. The summed E-state index contributed by atoms with van der Waals surface area (Å²) in [5.74, 6) is 3.14. The Bertz CT molecular complexity index is 801. The van der Waals surface area contributed by atoms with Gasteiger partial charge in [-0.1, -0.05) is 26.0 Å². The molecule has 3 rings (SSSR count). The molecule has 1 heterocycles. The Morgan fingerprint density at radius 1 is 1.14 bits per heavy atom. The maximum Gasteiger partial charge on any atom is 0.131 e. The predicted molar refractivity (Wildman–Crippen MR) is 116 cm³/mol. The smallest absolute Gasteiger partial charge is 0.131 e. The van der Waals surface area contributed by atoms with Crippen LogP contribution in [0.1, 0.15) is 38.7 Å². The Hall–Kier alpha value is -2.46. The van der Waals surface area contributed by atoms with Gasteiger partial charge in [-0.15, -0.1) is 0 Å². The Balaban J connectivity index is 1.67. The highest BCUT2D eigenvalue weighted by Crippen LogP contribution is 2.33.